The van der Waals surface area contributed by atoms with Crippen LogP contribution in [-0.2, 0) is 5.75 Å². The summed E-state index contributed by atoms with van der Waals surface area (Å²) in [5.41, 5.74) is 4.46. The number of aryl methyl sites for hydroxylation is 1. The van der Waals surface area contributed by atoms with E-state index in [0.717, 1.165) is 17.0 Å². The average Bonchev–Trinajstić information content (AvgIpc) is 3.37. The molecular weight excluding hydrogens is 370 g/mol. The molecule has 2 aromatic heterocycles. The first kappa shape index (κ1) is 18.4. The summed E-state index contributed by atoms with van der Waals surface area (Å²) in [5.74, 6) is 2.91. The fraction of sp³-hybridized carbons (Fsp3) is 0.238. The van der Waals surface area contributed by atoms with Crippen molar-refractivity contribution in [3.63, 3.8) is 0 Å². The third-order valence-corrected chi connectivity index (χ3v) is 5.25. The number of aromatic amines is 1. The summed E-state index contributed by atoms with van der Waals surface area (Å²) in [5, 5.41) is 12.0. The standard InChI is InChI=1S/C21H21N5OS/c1-13(2)15-8-10-17(11-9-15)20-22-18(27-26-20)12-28-21-23-19(24-25-21)16-6-4-14(3)5-7-16/h4-11,13H,12H2,1-3H3,(H,23,24,25). The smallest absolute Gasteiger partial charge is 0.237 e. The van der Waals surface area contributed by atoms with E-state index in [1.807, 2.05) is 24.3 Å². The molecule has 0 unspecified atom stereocenters. The highest BCUT2D eigenvalue weighted by atomic mass is 32.2. The maximum Gasteiger partial charge on any atom is 0.237 e. The van der Waals surface area contributed by atoms with Crippen LogP contribution in [-0.4, -0.2) is 25.3 Å². The van der Waals surface area contributed by atoms with E-state index in [2.05, 4.69) is 70.4 Å². The van der Waals surface area contributed by atoms with Gasteiger partial charge in [0.1, 0.15) is 0 Å². The van der Waals surface area contributed by atoms with Crippen LogP contribution in [0.15, 0.2) is 58.2 Å². The molecule has 142 valence electrons. The van der Waals surface area contributed by atoms with Crippen molar-refractivity contribution < 1.29 is 4.52 Å². The molecule has 2 aromatic carbocycles. The number of nitrogens with zero attached hydrogens (tertiary/aromatic N) is 4. The molecule has 1 N–H and O–H groups in total. The SMILES string of the molecule is Cc1ccc(-c2nc(SCc3nc(-c4ccc(C(C)C)cc4)no3)n[nH]2)cc1. The van der Waals surface area contributed by atoms with E-state index in [4.69, 9.17) is 4.52 Å². The topological polar surface area (TPSA) is 80.5 Å². The van der Waals surface area contributed by atoms with Gasteiger partial charge in [-0.1, -0.05) is 84.9 Å². The van der Waals surface area contributed by atoms with Crippen LogP contribution in [0.25, 0.3) is 22.8 Å². The number of H-pyrrole nitrogens is 1. The highest BCUT2D eigenvalue weighted by molar-refractivity contribution is 7.98. The molecule has 28 heavy (non-hydrogen) atoms. The van der Waals surface area contributed by atoms with Gasteiger partial charge in [0.15, 0.2) is 5.82 Å². The lowest BCUT2D eigenvalue weighted by Crippen LogP contribution is -1.88. The summed E-state index contributed by atoms with van der Waals surface area (Å²) >= 11 is 1.46. The van der Waals surface area contributed by atoms with Gasteiger partial charge in [-0.2, -0.15) is 4.98 Å². The lowest BCUT2D eigenvalue weighted by Gasteiger charge is -2.04. The van der Waals surface area contributed by atoms with E-state index >= 15 is 0 Å². The van der Waals surface area contributed by atoms with Crippen molar-refractivity contribution in [2.45, 2.75) is 37.6 Å². The number of thioether (sulfide) groups is 1. The highest BCUT2D eigenvalue weighted by Gasteiger charge is 2.12. The van der Waals surface area contributed by atoms with Crippen LogP contribution in [0.4, 0.5) is 0 Å². The number of rotatable bonds is 6. The van der Waals surface area contributed by atoms with Gasteiger partial charge in [0.25, 0.3) is 0 Å². The molecule has 0 atom stereocenters. The maximum absolute atomic E-state index is 5.38. The first-order chi connectivity index (χ1) is 13.6. The molecule has 0 saturated heterocycles. The summed E-state index contributed by atoms with van der Waals surface area (Å²) < 4.78 is 5.38. The zero-order valence-corrected chi connectivity index (χ0v) is 16.8. The van der Waals surface area contributed by atoms with Crippen LogP contribution in [0, 0.1) is 6.92 Å². The first-order valence-corrected chi connectivity index (χ1v) is 10.1. The summed E-state index contributed by atoms with van der Waals surface area (Å²) in [6, 6.07) is 16.4. The summed E-state index contributed by atoms with van der Waals surface area (Å²) in [6.45, 7) is 6.40. The van der Waals surface area contributed by atoms with Crippen molar-refractivity contribution in [3.8, 4) is 22.8 Å². The van der Waals surface area contributed by atoms with E-state index in [-0.39, 0.29) is 0 Å². The third-order valence-electron chi connectivity index (χ3n) is 4.42. The molecule has 0 fully saturated rings. The van der Waals surface area contributed by atoms with Crippen LogP contribution in [0.2, 0.25) is 0 Å². The lowest BCUT2D eigenvalue weighted by molar-refractivity contribution is 0.391. The Morgan fingerprint density at radius 2 is 1.68 bits per heavy atom. The lowest BCUT2D eigenvalue weighted by atomic mass is 10.0. The zero-order valence-electron chi connectivity index (χ0n) is 16.0. The van der Waals surface area contributed by atoms with Gasteiger partial charge in [-0.05, 0) is 18.4 Å². The Bertz CT molecular complexity index is 1050. The molecule has 4 rings (SSSR count). The van der Waals surface area contributed by atoms with Crippen LogP contribution in [0.5, 0.6) is 0 Å². The monoisotopic (exact) mass is 391 g/mol. The number of benzene rings is 2. The molecule has 2 heterocycles. The number of nitrogens with one attached hydrogen (secondary N) is 1. The molecule has 0 radical (unpaired) electrons. The average molecular weight is 392 g/mol. The Hall–Kier alpha value is -2.93. The summed E-state index contributed by atoms with van der Waals surface area (Å²) in [4.78, 5) is 9.00. The van der Waals surface area contributed by atoms with Crippen molar-refractivity contribution >= 4 is 11.8 Å². The second kappa shape index (κ2) is 7.98. The van der Waals surface area contributed by atoms with Gasteiger partial charge in [-0.25, -0.2) is 4.98 Å². The Kier molecular flexibility index (Phi) is 5.25. The molecule has 0 aliphatic heterocycles. The Morgan fingerprint density at radius 3 is 2.39 bits per heavy atom. The predicted octanol–water partition coefficient (Wildman–Crippen LogP) is 5.25. The minimum absolute atomic E-state index is 0.498. The van der Waals surface area contributed by atoms with Crippen molar-refractivity contribution in [2.24, 2.45) is 0 Å². The molecule has 0 aliphatic rings. The van der Waals surface area contributed by atoms with Crippen molar-refractivity contribution in [1.29, 1.82) is 0 Å². The van der Waals surface area contributed by atoms with Crippen molar-refractivity contribution in [2.75, 3.05) is 0 Å². The Morgan fingerprint density at radius 1 is 0.964 bits per heavy atom. The van der Waals surface area contributed by atoms with Gasteiger partial charge >= 0.3 is 0 Å². The van der Waals surface area contributed by atoms with E-state index in [1.54, 1.807) is 0 Å². The maximum atomic E-state index is 5.38. The molecule has 0 amide bonds. The molecule has 6 nitrogen and oxygen atoms in total. The van der Waals surface area contributed by atoms with Crippen molar-refractivity contribution in [3.05, 3.63) is 65.5 Å². The first-order valence-electron chi connectivity index (χ1n) is 9.13. The van der Waals surface area contributed by atoms with Gasteiger partial charge in [0, 0.05) is 11.1 Å². The van der Waals surface area contributed by atoms with E-state index in [9.17, 15) is 0 Å². The fourth-order valence-corrected chi connectivity index (χ4v) is 3.36. The summed E-state index contributed by atoms with van der Waals surface area (Å²) in [7, 11) is 0. The Labute approximate surface area is 167 Å². The zero-order chi connectivity index (χ0) is 19.5. The van der Waals surface area contributed by atoms with Crippen molar-refractivity contribution in [1.82, 2.24) is 25.3 Å². The Balaban J connectivity index is 1.40. The summed E-state index contributed by atoms with van der Waals surface area (Å²) in [6.07, 6.45) is 0. The molecule has 7 heteroatoms. The van der Waals surface area contributed by atoms with Gasteiger partial charge in [-0.15, -0.1) is 5.10 Å². The molecule has 0 bridgehead atoms. The second-order valence-electron chi connectivity index (χ2n) is 6.91. The van der Waals surface area contributed by atoms with E-state index in [1.165, 1.54) is 22.9 Å². The van der Waals surface area contributed by atoms with Crippen LogP contribution >= 0.6 is 11.8 Å². The van der Waals surface area contributed by atoms with Crippen LogP contribution in [0.3, 0.4) is 0 Å². The van der Waals surface area contributed by atoms with Crippen LogP contribution in [0.1, 0.15) is 36.8 Å². The largest absolute Gasteiger partial charge is 0.338 e. The van der Waals surface area contributed by atoms with E-state index in [0.29, 0.717) is 28.5 Å². The quantitative estimate of drug-likeness (QED) is 0.452. The predicted molar refractivity (Wildman–Crippen MR) is 110 cm³/mol. The highest BCUT2D eigenvalue weighted by Crippen LogP contribution is 2.24. The van der Waals surface area contributed by atoms with Gasteiger partial charge in [-0.3, -0.25) is 5.10 Å². The number of hydrogen-bond donors (Lipinski definition) is 1. The molecule has 0 saturated carbocycles. The minimum Gasteiger partial charge on any atom is -0.338 e. The third kappa shape index (κ3) is 4.14. The van der Waals surface area contributed by atoms with Gasteiger partial charge < -0.3 is 4.52 Å². The van der Waals surface area contributed by atoms with Gasteiger partial charge in [0.05, 0.1) is 5.75 Å². The van der Waals surface area contributed by atoms with Crippen LogP contribution < -0.4 is 0 Å². The number of hydrogen-bond acceptors (Lipinski definition) is 6. The second-order valence-corrected chi connectivity index (χ2v) is 7.85. The normalized spacial score (nSPS) is 11.3. The van der Waals surface area contributed by atoms with E-state index < -0.39 is 0 Å². The number of aromatic nitrogens is 5. The van der Waals surface area contributed by atoms with Gasteiger partial charge in [0.2, 0.25) is 16.9 Å². The fourth-order valence-electron chi connectivity index (χ4n) is 2.73. The molecule has 4 aromatic rings. The molecule has 0 aliphatic carbocycles. The molecule has 0 spiro atoms. The minimum atomic E-state index is 0.498. The molecular formula is C21H21N5OS.